The number of amides is 1. The van der Waals surface area contributed by atoms with Gasteiger partial charge in [-0.25, -0.2) is 4.98 Å². The summed E-state index contributed by atoms with van der Waals surface area (Å²) in [5.74, 6) is -0.472. The lowest BCUT2D eigenvalue weighted by Crippen LogP contribution is -2.14. The van der Waals surface area contributed by atoms with Crippen molar-refractivity contribution in [3.8, 4) is 5.75 Å². The number of benzene rings is 1. The largest absolute Gasteiger partial charge is 0.507 e. The van der Waals surface area contributed by atoms with Gasteiger partial charge in [-0.1, -0.05) is 11.6 Å². The Morgan fingerprint density at radius 2 is 2.19 bits per heavy atom. The highest BCUT2D eigenvalue weighted by molar-refractivity contribution is 9.10. The number of halogens is 2. The quantitative estimate of drug-likeness (QED) is 0.603. The van der Waals surface area contributed by atoms with Crippen molar-refractivity contribution in [3.05, 3.63) is 39.7 Å². The number of nitrogens with zero attached hydrogens (tertiary/aromatic N) is 3. The summed E-state index contributed by atoms with van der Waals surface area (Å²) in [6.07, 6.45) is 1.43. The number of aromatic nitrogens is 4. The van der Waals surface area contributed by atoms with Crippen LogP contribution in [0.4, 0.5) is 5.95 Å². The topological polar surface area (TPSA) is 104 Å². The third-order valence-electron chi connectivity index (χ3n) is 2.68. The van der Waals surface area contributed by atoms with Crippen molar-refractivity contribution in [1.29, 1.82) is 0 Å². The molecule has 2 heterocycles. The van der Waals surface area contributed by atoms with Gasteiger partial charge in [-0.15, -0.1) is 0 Å². The molecule has 1 aromatic carbocycles. The van der Waals surface area contributed by atoms with Crippen LogP contribution in [0.2, 0.25) is 5.15 Å². The molecule has 0 fully saturated rings. The molecule has 0 bridgehead atoms. The zero-order valence-corrected chi connectivity index (χ0v) is 12.6. The maximum atomic E-state index is 12.1. The van der Waals surface area contributed by atoms with Gasteiger partial charge < -0.3 is 10.1 Å². The molecule has 3 aromatic rings. The first-order valence-corrected chi connectivity index (χ1v) is 6.88. The average Bonchev–Trinajstić information content (AvgIpc) is 2.90. The number of rotatable bonds is 2. The summed E-state index contributed by atoms with van der Waals surface area (Å²) in [5.41, 5.74) is 1.11. The number of phenolic OH excluding ortho intramolecular Hbond substituents is 1. The first kappa shape index (κ1) is 13.8. The summed E-state index contributed by atoms with van der Waals surface area (Å²) < 4.78 is 0.497. The molecule has 0 spiro atoms. The van der Waals surface area contributed by atoms with E-state index in [0.717, 1.165) is 0 Å². The molecule has 0 atom stereocenters. The van der Waals surface area contributed by atoms with E-state index in [4.69, 9.17) is 11.6 Å². The molecule has 0 aliphatic rings. The van der Waals surface area contributed by atoms with Crippen molar-refractivity contribution < 1.29 is 9.90 Å². The minimum Gasteiger partial charge on any atom is -0.507 e. The number of hydrogen-bond donors (Lipinski definition) is 3. The average molecular weight is 369 g/mol. The molecule has 0 aliphatic heterocycles. The second-order valence-electron chi connectivity index (χ2n) is 4.06. The molecule has 0 aliphatic carbocycles. The van der Waals surface area contributed by atoms with Crippen LogP contribution in [-0.4, -0.2) is 30.9 Å². The highest BCUT2D eigenvalue weighted by Gasteiger charge is 2.13. The standard InChI is InChI=1S/C12H7BrClN5O2/c13-6-2-1-5(3-7(6)20)11(21)19-12-17-9(14)8-10(18-12)16-4-15-8/h1-4,20H,(H2,15,16,17,18,19,21). The number of phenols is 1. The molecule has 3 N–H and O–H groups in total. The molecule has 1 amide bonds. The number of nitrogens with one attached hydrogen (secondary N) is 2. The Balaban J connectivity index is 1.90. The van der Waals surface area contributed by atoms with Gasteiger partial charge in [0.15, 0.2) is 10.8 Å². The molecule has 3 rings (SSSR count). The fourth-order valence-electron chi connectivity index (χ4n) is 1.68. The number of hydrogen-bond acceptors (Lipinski definition) is 5. The van der Waals surface area contributed by atoms with Crippen LogP contribution in [0.15, 0.2) is 29.0 Å². The summed E-state index contributed by atoms with van der Waals surface area (Å²) in [6, 6.07) is 4.44. The van der Waals surface area contributed by atoms with Crippen molar-refractivity contribution >= 4 is 50.6 Å². The van der Waals surface area contributed by atoms with Crippen LogP contribution in [0, 0.1) is 0 Å². The van der Waals surface area contributed by atoms with Gasteiger partial charge in [0.2, 0.25) is 5.95 Å². The molecule has 0 saturated heterocycles. The minimum absolute atomic E-state index is 0.0343. The Morgan fingerprint density at radius 3 is 2.95 bits per heavy atom. The summed E-state index contributed by atoms with van der Waals surface area (Å²) in [6.45, 7) is 0. The number of carbonyl (C=O) groups is 1. The van der Waals surface area contributed by atoms with Crippen LogP contribution < -0.4 is 5.32 Å². The lowest BCUT2D eigenvalue weighted by atomic mass is 10.2. The van der Waals surface area contributed by atoms with Crippen LogP contribution in [0.1, 0.15) is 10.4 Å². The van der Waals surface area contributed by atoms with E-state index in [9.17, 15) is 9.90 Å². The van der Waals surface area contributed by atoms with Gasteiger partial charge in [-0.05, 0) is 34.1 Å². The number of H-pyrrole nitrogens is 1. The number of aromatic hydroxyl groups is 1. The number of anilines is 1. The van der Waals surface area contributed by atoms with Gasteiger partial charge in [0.1, 0.15) is 11.3 Å². The monoisotopic (exact) mass is 367 g/mol. The van der Waals surface area contributed by atoms with E-state index in [0.29, 0.717) is 15.6 Å². The van der Waals surface area contributed by atoms with Gasteiger partial charge in [-0.2, -0.15) is 9.97 Å². The van der Waals surface area contributed by atoms with Crippen LogP contribution in [0.5, 0.6) is 5.75 Å². The fraction of sp³-hybridized carbons (Fsp3) is 0. The highest BCUT2D eigenvalue weighted by atomic mass is 79.9. The Bertz CT molecular complexity index is 851. The first-order chi connectivity index (χ1) is 10.0. The Labute approximate surface area is 131 Å². The molecule has 0 radical (unpaired) electrons. The van der Waals surface area contributed by atoms with E-state index in [1.807, 2.05) is 0 Å². The van der Waals surface area contributed by atoms with E-state index >= 15 is 0 Å². The van der Waals surface area contributed by atoms with Gasteiger partial charge in [0.05, 0.1) is 10.8 Å². The van der Waals surface area contributed by atoms with E-state index in [2.05, 4.69) is 41.2 Å². The first-order valence-electron chi connectivity index (χ1n) is 5.71. The zero-order valence-electron chi connectivity index (χ0n) is 10.3. The van der Waals surface area contributed by atoms with E-state index < -0.39 is 5.91 Å². The van der Waals surface area contributed by atoms with Crippen molar-refractivity contribution in [2.24, 2.45) is 0 Å². The fourth-order valence-corrected chi connectivity index (χ4v) is 2.15. The Kier molecular flexibility index (Phi) is 3.48. The van der Waals surface area contributed by atoms with Gasteiger partial charge in [0.25, 0.3) is 5.91 Å². The molecule has 2 aromatic heterocycles. The summed E-state index contributed by atoms with van der Waals surface area (Å²) in [4.78, 5) is 26.8. The Morgan fingerprint density at radius 1 is 1.38 bits per heavy atom. The van der Waals surface area contributed by atoms with Crippen molar-refractivity contribution in [1.82, 2.24) is 19.9 Å². The predicted molar refractivity (Wildman–Crippen MR) is 80.5 cm³/mol. The molecule has 0 saturated carbocycles. The SMILES string of the molecule is O=C(Nc1nc(Cl)c2[nH]cnc2n1)c1ccc(Br)c(O)c1. The number of imidazole rings is 1. The molecule has 21 heavy (non-hydrogen) atoms. The molecule has 9 heteroatoms. The van der Waals surface area contributed by atoms with Crippen LogP contribution in [0.3, 0.4) is 0 Å². The third kappa shape index (κ3) is 2.67. The number of fused-ring (bicyclic) bond motifs is 1. The van der Waals surface area contributed by atoms with Crippen LogP contribution in [0.25, 0.3) is 11.2 Å². The maximum absolute atomic E-state index is 12.1. The summed E-state index contributed by atoms with van der Waals surface area (Å²) >= 11 is 9.10. The highest BCUT2D eigenvalue weighted by Crippen LogP contribution is 2.25. The summed E-state index contributed by atoms with van der Waals surface area (Å²) in [7, 11) is 0. The normalized spacial score (nSPS) is 10.8. The Hall–Kier alpha value is -2.19. The van der Waals surface area contributed by atoms with Gasteiger partial charge in [-0.3, -0.25) is 10.1 Å². The minimum atomic E-state index is -0.469. The molecule has 106 valence electrons. The molecule has 7 nitrogen and oxygen atoms in total. The van der Waals surface area contributed by atoms with Crippen LogP contribution >= 0.6 is 27.5 Å². The maximum Gasteiger partial charge on any atom is 0.258 e. The van der Waals surface area contributed by atoms with Gasteiger partial charge >= 0.3 is 0 Å². The van der Waals surface area contributed by atoms with Crippen molar-refractivity contribution in [2.75, 3.05) is 5.32 Å². The van der Waals surface area contributed by atoms with Crippen molar-refractivity contribution in [2.45, 2.75) is 0 Å². The smallest absolute Gasteiger partial charge is 0.258 e. The number of aromatic amines is 1. The van der Waals surface area contributed by atoms with E-state index in [1.54, 1.807) is 12.1 Å². The lowest BCUT2D eigenvalue weighted by Gasteiger charge is -2.05. The summed E-state index contributed by atoms with van der Waals surface area (Å²) in [5, 5.41) is 12.2. The van der Waals surface area contributed by atoms with E-state index in [-0.39, 0.29) is 22.4 Å². The third-order valence-corrected chi connectivity index (χ3v) is 3.62. The van der Waals surface area contributed by atoms with Crippen molar-refractivity contribution in [3.63, 3.8) is 0 Å². The molecule has 0 unspecified atom stereocenters. The second-order valence-corrected chi connectivity index (χ2v) is 5.27. The molecular formula is C12H7BrClN5O2. The molecular weight excluding hydrogens is 362 g/mol. The lowest BCUT2D eigenvalue weighted by molar-refractivity contribution is 0.102. The van der Waals surface area contributed by atoms with Gasteiger partial charge in [0, 0.05) is 5.56 Å². The number of carbonyl (C=O) groups excluding carboxylic acids is 1. The zero-order chi connectivity index (χ0) is 15.0. The second kappa shape index (κ2) is 5.30. The van der Waals surface area contributed by atoms with E-state index in [1.165, 1.54) is 12.4 Å². The van der Waals surface area contributed by atoms with Crippen LogP contribution in [-0.2, 0) is 0 Å². The predicted octanol–water partition coefficient (Wildman–Crippen LogP) is 2.73.